The molecule has 1 aliphatic rings. The van der Waals surface area contributed by atoms with Gasteiger partial charge >= 0.3 is 0 Å². The molecule has 0 saturated carbocycles. The van der Waals surface area contributed by atoms with E-state index in [9.17, 15) is 14.7 Å². The number of fused-ring (bicyclic) bond motifs is 1. The molecule has 10 nitrogen and oxygen atoms in total. The van der Waals surface area contributed by atoms with Gasteiger partial charge < -0.3 is 15.7 Å². The molecule has 0 spiro atoms. The van der Waals surface area contributed by atoms with Crippen molar-refractivity contribution in [3.8, 4) is 0 Å². The Hall–Kier alpha value is -3.86. The highest BCUT2D eigenvalue weighted by Crippen LogP contribution is 2.21. The van der Waals surface area contributed by atoms with Gasteiger partial charge in [0.05, 0.1) is 18.2 Å². The first-order chi connectivity index (χ1) is 15.5. The summed E-state index contributed by atoms with van der Waals surface area (Å²) in [7, 11) is 0. The Bertz CT molecular complexity index is 1110. The van der Waals surface area contributed by atoms with Crippen LogP contribution in [-0.2, 0) is 6.42 Å². The Morgan fingerprint density at radius 3 is 2.66 bits per heavy atom. The number of nitrogens with zero attached hydrogens (tertiary/aromatic N) is 3. The molecule has 1 aromatic heterocycles. The van der Waals surface area contributed by atoms with E-state index in [-0.39, 0.29) is 18.1 Å². The molecule has 164 valence electrons. The number of rotatable bonds is 7. The number of nitrogens with one attached hydrogen (secondary N) is 3. The molecule has 2 heterocycles. The van der Waals surface area contributed by atoms with E-state index in [1.807, 2.05) is 36.4 Å². The van der Waals surface area contributed by atoms with Crippen LogP contribution in [0.5, 0.6) is 0 Å². The molecule has 3 aromatic rings. The molecule has 4 rings (SSSR count). The lowest BCUT2D eigenvalue weighted by Crippen LogP contribution is -2.50. The van der Waals surface area contributed by atoms with E-state index in [0.717, 1.165) is 28.4 Å². The van der Waals surface area contributed by atoms with E-state index in [1.165, 1.54) is 12.4 Å². The van der Waals surface area contributed by atoms with Crippen LogP contribution in [0.15, 0.2) is 60.9 Å². The van der Waals surface area contributed by atoms with Gasteiger partial charge in [-0.1, -0.05) is 30.3 Å². The molecule has 10 heteroatoms. The number of amides is 2. The molecule has 0 bridgehead atoms. The SMILES string of the molecule is NN(NC(CO)c1ccccc1)C(=O)c1cnc(Nc2ccc3c(c2)CCNC3=O)nc1. The van der Waals surface area contributed by atoms with Crippen molar-refractivity contribution in [1.82, 2.24) is 25.8 Å². The topological polar surface area (TPSA) is 146 Å². The van der Waals surface area contributed by atoms with Gasteiger partial charge in [-0.15, -0.1) is 0 Å². The van der Waals surface area contributed by atoms with E-state index in [0.29, 0.717) is 18.1 Å². The fraction of sp³-hybridized carbons (Fsp3) is 0.182. The number of benzene rings is 2. The predicted molar refractivity (Wildman–Crippen MR) is 118 cm³/mol. The van der Waals surface area contributed by atoms with Gasteiger partial charge in [-0.3, -0.25) is 9.59 Å². The molecule has 0 aliphatic carbocycles. The summed E-state index contributed by atoms with van der Waals surface area (Å²) in [4.78, 5) is 32.8. The highest BCUT2D eigenvalue weighted by molar-refractivity contribution is 5.97. The van der Waals surface area contributed by atoms with Crippen molar-refractivity contribution in [3.05, 3.63) is 83.2 Å². The zero-order valence-corrected chi connectivity index (χ0v) is 17.2. The number of hydrogen-bond acceptors (Lipinski definition) is 8. The van der Waals surface area contributed by atoms with Crippen LogP contribution in [-0.4, -0.2) is 45.2 Å². The third-order valence-electron chi connectivity index (χ3n) is 5.08. The molecule has 1 unspecified atom stereocenters. The van der Waals surface area contributed by atoms with Crippen molar-refractivity contribution in [3.63, 3.8) is 0 Å². The summed E-state index contributed by atoms with van der Waals surface area (Å²) < 4.78 is 0. The average molecular weight is 433 g/mol. The molecular formula is C22H23N7O3. The lowest BCUT2D eigenvalue weighted by molar-refractivity contribution is 0.0574. The lowest BCUT2D eigenvalue weighted by atomic mass is 10.00. The molecule has 2 aromatic carbocycles. The minimum Gasteiger partial charge on any atom is -0.394 e. The quantitative estimate of drug-likeness (QED) is 0.211. The molecule has 2 amide bonds. The van der Waals surface area contributed by atoms with Gasteiger partial charge in [0.25, 0.3) is 11.8 Å². The van der Waals surface area contributed by atoms with Gasteiger partial charge in [-0.2, -0.15) is 0 Å². The van der Waals surface area contributed by atoms with Crippen molar-refractivity contribution in [1.29, 1.82) is 0 Å². The van der Waals surface area contributed by atoms with Gasteiger partial charge in [0.15, 0.2) is 0 Å². The van der Waals surface area contributed by atoms with Crippen molar-refractivity contribution in [2.24, 2.45) is 5.84 Å². The van der Waals surface area contributed by atoms with Crippen LogP contribution in [0, 0.1) is 0 Å². The molecule has 0 radical (unpaired) electrons. The smallest absolute Gasteiger partial charge is 0.285 e. The van der Waals surface area contributed by atoms with Crippen molar-refractivity contribution in [2.45, 2.75) is 12.5 Å². The Morgan fingerprint density at radius 1 is 1.19 bits per heavy atom. The van der Waals surface area contributed by atoms with E-state index >= 15 is 0 Å². The number of carbonyl (C=O) groups excluding carboxylic acids is 2. The summed E-state index contributed by atoms with van der Waals surface area (Å²) in [6.45, 7) is 0.362. The second kappa shape index (κ2) is 9.52. The Labute approximate surface area is 184 Å². The number of anilines is 2. The highest BCUT2D eigenvalue weighted by atomic mass is 16.3. The summed E-state index contributed by atoms with van der Waals surface area (Å²) in [5, 5.41) is 16.3. The molecule has 1 atom stereocenters. The highest BCUT2D eigenvalue weighted by Gasteiger charge is 2.19. The minimum atomic E-state index is -0.550. The zero-order chi connectivity index (χ0) is 22.5. The van der Waals surface area contributed by atoms with Gasteiger partial charge in [-0.25, -0.2) is 26.4 Å². The third-order valence-corrected chi connectivity index (χ3v) is 5.08. The van der Waals surface area contributed by atoms with Crippen LogP contribution in [0.2, 0.25) is 0 Å². The van der Waals surface area contributed by atoms with Gasteiger partial charge in [0, 0.05) is 30.2 Å². The predicted octanol–water partition coefficient (Wildman–Crippen LogP) is 1.06. The van der Waals surface area contributed by atoms with Gasteiger partial charge in [0.2, 0.25) is 5.95 Å². The van der Waals surface area contributed by atoms with Crippen molar-refractivity contribution in [2.75, 3.05) is 18.5 Å². The average Bonchev–Trinajstić information content (AvgIpc) is 2.83. The number of hydrogen-bond donors (Lipinski definition) is 5. The Kier molecular flexibility index (Phi) is 6.36. The zero-order valence-electron chi connectivity index (χ0n) is 17.2. The summed E-state index contributed by atoms with van der Waals surface area (Å²) >= 11 is 0. The monoisotopic (exact) mass is 433 g/mol. The lowest BCUT2D eigenvalue weighted by Gasteiger charge is -2.24. The maximum atomic E-state index is 12.6. The normalized spacial score (nSPS) is 13.6. The van der Waals surface area contributed by atoms with E-state index in [4.69, 9.17) is 5.84 Å². The van der Waals surface area contributed by atoms with Crippen molar-refractivity contribution < 1.29 is 14.7 Å². The second-order valence-corrected chi connectivity index (χ2v) is 7.25. The van der Waals surface area contributed by atoms with Crippen LogP contribution >= 0.6 is 0 Å². The fourth-order valence-corrected chi connectivity index (χ4v) is 3.41. The van der Waals surface area contributed by atoms with Crippen LogP contribution in [0.4, 0.5) is 11.6 Å². The van der Waals surface area contributed by atoms with E-state index in [2.05, 4.69) is 26.0 Å². The first kappa shape index (κ1) is 21.4. The summed E-state index contributed by atoms with van der Waals surface area (Å²) in [6, 6.07) is 14.0. The molecule has 1 aliphatic heterocycles. The maximum absolute atomic E-state index is 12.6. The summed E-state index contributed by atoms with van der Waals surface area (Å²) in [6.07, 6.45) is 3.48. The van der Waals surface area contributed by atoms with Crippen molar-refractivity contribution >= 4 is 23.5 Å². The number of aliphatic hydroxyl groups is 1. The number of carbonyl (C=O) groups is 2. The number of aliphatic hydroxyl groups excluding tert-OH is 1. The Morgan fingerprint density at radius 2 is 1.94 bits per heavy atom. The Balaban J connectivity index is 1.40. The molecule has 0 fully saturated rings. The van der Waals surface area contributed by atoms with Crippen LogP contribution in [0.3, 0.4) is 0 Å². The van der Waals surface area contributed by atoms with E-state index in [1.54, 1.807) is 12.1 Å². The number of nitrogens with two attached hydrogens (primary N) is 1. The first-order valence-corrected chi connectivity index (χ1v) is 10.1. The van der Waals surface area contributed by atoms with E-state index < -0.39 is 11.9 Å². The standard InChI is InChI=1S/C22H23N7O3/c23-29(28-19(13-30)14-4-2-1-3-5-14)21(32)16-11-25-22(26-12-16)27-17-6-7-18-15(10-17)8-9-24-20(18)31/h1-7,10-12,19,28,30H,8-9,13,23H2,(H,24,31)(H,25,26,27). The van der Waals surface area contributed by atoms with Crippen LogP contribution in [0.1, 0.15) is 37.9 Å². The number of hydrazine groups is 2. The second-order valence-electron chi connectivity index (χ2n) is 7.25. The van der Waals surface area contributed by atoms with Crippen LogP contribution in [0.25, 0.3) is 0 Å². The maximum Gasteiger partial charge on any atom is 0.285 e. The molecule has 6 N–H and O–H groups in total. The largest absolute Gasteiger partial charge is 0.394 e. The molecule has 0 saturated heterocycles. The summed E-state index contributed by atoms with van der Waals surface area (Å²) in [5.41, 5.74) is 6.10. The third kappa shape index (κ3) is 4.72. The fourth-order valence-electron chi connectivity index (χ4n) is 3.41. The van der Waals surface area contributed by atoms with Crippen LogP contribution < -0.4 is 21.9 Å². The summed E-state index contributed by atoms with van der Waals surface area (Å²) in [5.74, 6) is 5.53. The first-order valence-electron chi connectivity index (χ1n) is 10.1. The molecular weight excluding hydrogens is 410 g/mol. The molecule has 32 heavy (non-hydrogen) atoms. The van der Waals surface area contributed by atoms with Gasteiger partial charge in [-0.05, 0) is 35.7 Å². The number of aromatic nitrogens is 2. The minimum absolute atomic E-state index is 0.0763. The van der Waals surface area contributed by atoms with Gasteiger partial charge in [0.1, 0.15) is 0 Å².